The lowest BCUT2D eigenvalue weighted by Crippen LogP contribution is -2.34. The van der Waals surface area contributed by atoms with Crippen LogP contribution in [0, 0.1) is 6.92 Å². The molecule has 0 aliphatic carbocycles. The maximum absolute atomic E-state index is 13.1. The van der Waals surface area contributed by atoms with Crippen LogP contribution in [-0.4, -0.2) is 39.8 Å². The summed E-state index contributed by atoms with van der Waals surface area (Å²) in [7, 11) is 1.64. The number of methoxy groups -OCH3 is 1. The minimum Gasteiger partial charge on any atom is -0.383 e. The van der Waals surface area contributed by atoms with Gasteiger partial charge in [0.25, 0.3) is 5.56 Å². The van der Waals surface area contributed by atoms with Crippen LogP contribution < -0.4 is 10.5 Å². The van der Waals surface area contributed by atoms with Gasteiger partial charge in [-0.2, -0.15) is 0 Å². The van der Waals surface area contributed by atoms with Crippen LogP contribution in [0.1, 0.15) is 30.4 Å². The average Bonchev–Trinajstić information content (AvgIpc) is 3.17. The molecule has 3 heterocycles. The predicted molar refractivity (Wildman–Crippen MR) is 104 cm³/mol. The van der Waals surface area contributed by atoms with E-state index >= 15 is 0 Å². The number of ether oxygens (including phenoxy) is 1. The highest BCUT2D eigenvalue weighted by Gasteiger charge is 2.32. The van der Waals surface area contributed by atoms with Gasteiger partial charge in [-0.05, 0) is 38.0 Å². The summed E-state index contributed by atoms with van der Waals surface area (Å²) in [6, 6.07) is 9.36. The Balaban J connectivity index is 1.84. The Hall–Kier alpha value is -2.80. The molecule has 0 amide bonds. The second kappa shape index (κ2) is 7.44. The maximum atomic E-state index is 13.1. The quantitative estimate of drug-likeness (QED) is 0.692. The van der Waals surface area contributed by atoms with Crippen LogP contribution in [0.3, 0.4) is 0 Å². The van der Waals surface area contributed by atoms with Gasteiger partial charge in [0.1, 0.15) is 5.82 Å². The third-order valence-electron chi connectivity index (χ3n) is 5.00. The molecular weight excluding hydrogens is 342 g/mol. The first-order valence-electron chi connectivity index (χ1n) is 9.24. The molecule has 7 heteroatoms. The van der Waals surface area contributed by atoms with E-state index in [1.807, 2.05) is 37.3 Å². The molecule has 0 spiro atoms. The van der Waals surface area contributed by atoms with Gasteiger partial charge in [-0.25, -0.2) is 15.0 Å². The second-order valence-corrected chi connectivity index (χ2v) is 6.79. The van der Waals surface area contributed by atoms with Crippen LogP contribution in [0.5, 0.6) is 0 Å². The Morgan fingerprint density at radius 1 is 1.22 bits per heavy atom. The summed E-state index contributed by atoms with van der Waals surface area (Å²) in [5, 5.41) is 0.633. The van der Waals surface area contributed by atoms with Crippen molar-refractivity contribution >= 4 is 16.9 Å². The average molecular weight is 365 g/mol. The van der Waals surface area contributed by atoms with Crippen molar-refractivity contribution in [2.45, 2.75) is 32.4 Å². The van der Waals surface area contributed by atoms with Crippen LogP contribution >= 0.6 is 0 Å². The minimum absolute atomic E-state index is 0.0235. The topological polar surface area (TPSA) is 73.1 Å². The lowest BCUT2D eigenvalue weighted by molar-refractivity contribution is 0.184. The van der Waals surface area contributed by atoms with Crippen LogP contribution in [-0.2, 0) is 11.3 Å². The fourth-order valence-electron chi connectivity index (χ4n) is 3.69. The monoisotopic (exact) mass is 365 g/mol. The first-order chi connectivity index (χ1) is 13.2. The molecule has 4 rings (SSSR count). The standard InChI is InChI=1S/C20H23N5O2/c1-14-9-10-21-20(22-14)24-11-5-8-17(24)18-23-16-7-4-3-6-15(16)19(26)25(18)12-13-27-2/h3-4,6-7,9-10,17H,5,8,11-13H2,1-2H3. The normalized spacial score (nSPS) is 17.0. The molecule has 0 N–H and O–H groups in total. The number of fused-ring (bicyclic) bond motifs is 1. The van der Waals surface area contributed by atoms with Crippen LogP contribution in [0.15, 0.2) is 41.3 Å². The zero-order chi connectivity index (χ0) is 18.8. The third-order valence-corrected chi connectivity index (χ3v) is 5.00. The molecule has 1 unspecified atom stereocenters. The molecule has 0 saturated carbocycles. The first-order valence-corrected chi connectivity index (χ1v) is 9.24. The van der Waals surface area contributed by atoms with E-state index in [-0.39, 0.29) is 11.6 Å². The fraction of sp³-hybridized carbons (Fsp3) is 0.400. The second-order valence-electron chi connectivity index (χ2n) is 6.79. The van der Waals surface area contributed by atoms with Gasteiger partial charge in [0.15, 0.2) is 0 Å². The van der Waals surface area contributed by atoms with Gasteiger partial charge in [0.2, 0.25) is 5.95 Å². The number of hydrogen-bond donors (Lipinski definition) is 0. The number of nitrogens with zero attached hydrogens (tertiary/aromatic N) is 5. The molecular formula is C20H23N5O2. The number of benzene rings is 1. The van der Waals surface area contributed by atoms with Gasteiger partial charge >= 0.3 is 0 Å². The number of aromatic nitrogens is 4. The fourth-order valence-corrected chi connectivity index (χ4v) is 3.69. The minimum atomic E-state index is -0.0269. The largest absolute Gasteiger partial charge is 0.383 e. The van der Waals surface area contributed by atoms with Gasteiger partial charge in [0, 0.05) is 25.5 Å². The van der Waals surface area contributed by atoms with Gasteiger partial charge in [0.05, 0.1) is 30.1 Å². The first kappa shape index (κ1) is 17.6. The van der Waals surface area contributed by atoms with Crippen LogP contribution in [0.25, 0.3) is 10.9 Å². The van der Waals surface area contributed by atoms with Crippen molar-refractivity contribution in [1.29, 1.82) is 0 Å². The van der Waals surface area contributed by atoms with Gasteiger partial charge in [-0.15, -0.1) is 0 Å². The molecule has 1 fully saturated rings. The molecule has 0 radical (unpaired) electrons. The molecule has 1 aromatic carbocycles. The van der Waals surface area contributed by atoms with Gasteiger partial charge < -0.3 is 9.64 Å². The van der Waals surface area contributed by atoms with Crippen LogP contribution in [0.2, 0.25) is 0 Å². The molecule has 2 aromatic heterocycles. The van der Waals surface area contributed by atoms with Crippen molar-refractivity contribution in [3.63, 3.8) is 0 Å². The molecule has 3 aromatic rings. The van der Waals surface area contributed by atoms with E-state index in [1.54, 1.807) is 17.9 Å². The van der Waals surface area contributed by atoms with Crippen molar-refractivity contribution < 1.29 is 4.74 Å². The summed E-state index contributed by atoms with van der Waals surface area (Å²) in [6.45, 7) is 3.74. The summed E-state index contributed by atoms with van der Waals surface area (Å²) < 4.78 is 6.99. The van der Waals surface area contributed by atoms with E-state index in [2.05, 4.69) is 14.9 Å². The van der Waals surface area contributed by atoms with E-state index in [0.717, 1.165) is 36.4 Å². The number of hydrogen-bond acceptors (Lipinski definition) is 6. The van der Waals surface area contributed by atoms with Gasteiger partial charge in [-0.3, -0.25) is 9.36 Å². The maximum Gasteiger partial charge on any atom is 0.261 e. The van der Waals surface area contributed by atoms with Crippen LogP contribution in [0.4, 0.5) is 5.95 Å². The summed E-state index contributed by atoms with van der Waals surface area (Å²) >= 11 is 0. The van der Waals surface area contributed by atoms with E-state index in [4.69, 9.17) is 9.72 Å². The van der Waals surface area contributed by atoms with Crippen molar-refractivity contribution in [3.05, 3.63) is 58.4 Å². The molecule has 7 nitrogen and oxygen atoms in total. The zero-order valence-electron chi connectivity index (χ0n) is 15.6. The molecule has 0 bridgehead atoms. The van der Waals surface area contributed by atoms with Crippen molar-refractivity contribution in [2.75, 3.05) is 25.2 Å². The highest BCUT2D eigenvalue weighted by atomic mass is 16.5. The van der Waals surface area contributed by atoms with E-state index < -0.39 is 0 Å². The molecule has 1 atom stereocenters. The molecule has 27 heavy (non-hydrogen) atoms. The van der Waals surface area contributed by atoms with Crippen molar-refractivity contribution in [3.8, 4) is 0 Å². The number of aryl methyl sites for hydroxylation is 1. The Bertz CT molecular complexity index is 1020. The van der Waals surface area contributed by atoms with Crippen molar-refractivity contribution in [1.82, 2.24) is 19.5 Å². The smallest absolute Gasteiger partial charge is 0.261 e. The number of para-hydroxylation sites is 1. The Kier molecular flexibility index (Phi) is 4.85. The van der Waals surface area contributed by atoms with E-state index in [1.165, 1.54) is 0 Å². The molecule has 1 saturated heterocycles. The highest BCUT2D eigenvalue weighted by Crippen LogP contribution is 2.33. The number of anilines is 1. The summed E-state index contributed by atoms with van der Waals surface area (Å²) in [4.78, 5) is 29.2. The molecule has 1 aliphatic rings. The Labute approximate surface area is 157 Å². The lowest BCUT2D eigenvalue weighted by Gasteiger charge is -2.26. The highest BCUT2D eigenvalue weighted by molar-refractivity contribution is 5.77. The Morgan fingerprint density at radius 3 is 2.89 bits per heavy atom. The lowest BCUT2D eigenvalue weighted by atomic mass is 10.1. The summed E-state index contributed by atoms with van der Waals surface area (Å²) in [5.41, 5.74) is 1.63. The van der Waals surface area contributed by atoms with E-state index in [9.17, 15) is 4.79 Å². The van der Waals surface area contributed by atoms with E-state index in [0.29, 0.717) is 24.5 Å². The third kappa shape index (κ3) is 3.30. The SMILES string of the molecule is COCCn1c(C2CCCN2c2nccc(C)n2)nc2ccccc2c1=O. The zero-order valence-corrected chi connectivity index (χ0v) is 15.6. The van der Waals surface area contributed by atoms with Crippen molar-refractivity contribution in [2.24, 2.45) is 0 Å². The Morgan fingerprint density at radius 2 is 2.07 bits per heavy atom. The molecule has 1 aliphatic heterocycles. The van der Waals surface area contributed by atoms with Gasteiger partial charge in [-0.1, -0.05) is 12.1 Å². The molecule has 140 valence electrons. The predicted octanol–water partition coefficient (Wildman–Crippen LogP) is 2.48. The summed E-state index contributed by atoms with van der Waals surface area (Å²) in [6.07, 6.45) is 3.70. The number of rotatable bonds is 5. The summed E-state index contributed by atoms with van der Waals surface area (Å²) in [5.74, 6) is 1.46.